The number of rotatable bonds is 7. The van der Waals surface area contributed by atoms with Gasteiger partial charge in [-0.3, -0.25) is 14.6 Å². The number of anilines is 1. The van der Waals surface area contributed by atoms with Gasteiger partial charge in [0.1, 0.15) is 10.1 Å². The zero-order valence-corrected chi connectivity index (χ0v) is 23.8. The van der Waals surface area contributed by atoms with Crippen LogP contribution in [-0.2, 0) is 20.1 Å². The molecule has 0 fully saturated rings. The molecule has 4 rings (SSSR count). The Bertz CT molecular complexity index is 1750. The number of aromatic nitrogens is 2. The molecule has 0 aliphatic rings. The second kappa shape index (κ2) is 11.3. The Balaban J connectivity index is 0.00000380. The van der Waals surface area contributed by atoms with E-state index in [1.54, 1.807) is 30.3 Å². The Hall–Kier alpha value is -2.78. The average Bonchev–Trinajstić information content (AvgIpc) is 3.10. The van der Waals surface area contributed by atoms with Gasteiger partial charge < -0.3 is 4.55 Å². The summed E-state index contributed by atoms with van der Waals surface area (Å²) in [5.41, 5.74) is -0.0892. The first kappa shape index (κ1) is 28.8. The SMILES string of the molecule is Cc1[nH]n(-c2cc(S(=O)(=O)[O-])ccc2Cl)c(=O)c1N=Nc1cccc(S(=O)(=O)Nc2ccccc2)c1.[Na+]. The van der Waals surface area contributed by atoms with E-state index in [1.807, 2.05) is 0 Å². The summed E-state index contributed by atoms with van der Waals surface area (Å²) in [7, 11) is -8.68. The van der Waals surface area contributed by atoms with Crippen molar-refractivity contribution >= 4 is 48.8 Å². The van der Waals surface area contributed by atoms with Crippen LogP contribution < -0.4 is 39.8 Å². The molecule has 0 bridgehead atoms. The van der Waals surface area contributed by atoms with Crippen molar-refractivity contribution in [3.8, 4) is 5.69 Å². The molecule has 1 aromatic heterocycles. The summed E-state index contributed by atoms with van der Waals surface area (Å²) in [5, 5.41) is 10.7. The molecule has 0 atom stereocenters. The number of hydrogen-bond acceptors (Lipinski definition) is 8. The molecule has 0 saturated heterocycles. The van der Waals surface area contributed by atoms with Crippen LogP contribution in [0.3, 0.4) is 0 Å². The number of para-hydroxylation sites is 1. The molecular weight excluding hydrogens is 553 g/mol. The van der Waals surface area contributed by atoms with Crippen molar-refractivity contribution in [2.45, 2.75) is 16.7 Å². The Labute approximate surface area is 239 Å². The van der Waals surface area contributed by atoms with Gasteiger partial charge in [-0.05, 0) is 55.5 Å². The van der Waals surface area contributed by atoms with Crippen molar-refractivity contribution in [1.29, 1.82) is 0 Å². The van der Waals surface area contributed by atoms with Crippen molar-refractivity contribution in [3.63, 3.8) is 0 Å². The van der Waals surface area contributed by atoms with Gasteiger partial charge >= 0.3 is 29.6 Å². The number of azo groups is 1. The Morgan fingerprint density at radius 2 is 1.62 bits per heavy atom. The number of halogens is 1. The molecule has 1 heterocycles. The van der Waals surface area contributed by atoms with Crippen molar-refractivity contribution in [1.82, 2.24) is 9.78 Å². The maximum absolute atomic E-state index is 12.9. The summed E-state index contributed by atoms with van der Waals surface area (Å²) in [5.74, 6) is 0. The van der Waals surface area contributed by atoms with Gasteiger partial charge in [0.05, 0.1) is 31.9 Å². The van der Waals surface area contributed by atoms with Gasteiger partial charge in [-0.1, -0.05) is 35.9 Å². The van der Waals surface area contributed by atoms with Crippen LogP contribution in [0.25, 0.3) is 5.69 Å². The first-order valence-corrected chi connectivity index (χ1v) is 13.4. The van der Waals surface area contributed by atoms with E-state index >= 15 is 0 Å². The van der Waals surface area contributed by atoms with E-state index in [9.17, 15) is 26.2 Å². The minimum Gasteiger partial charge on any atom is -0.744 e. The topological polar surface area (TPSA) is 166 Å². The third-order valence-electron chi connectivity index (χ3n) is 4.91. The van der Waals surface area contributed by atoms with Gasteiger partial charge in [-0.2, -0.15) is 5.11 Å². The fraction of sp³-hybridized carbons (Fsp3) is 0.0455. The Kier molecular flexibility index (Phi) is 8.80. The zero-order valence-electron chi connectivity index (χ0n) is 19.4. The molecule has 0 saturated carbocycles. The van der Waals surface area contributed by atoms with Crippen molar-refractivity contribution in [2.75, 3.05) is 4.72 Å². The molecule has 3 aromatic carbocycles. The number of aromatic amines is 1. The van der Waals surface area contributed by atoms with E-state index in [2.05, 4.69) is 20.0 Å². The minimum atomic E-state index is -4.78. The van der Waals surface area contributed by atoms with E-state index in [1.165, 1.54) is 37.3 Å². The molecule has 4 aromatic rings. The smallest absolute Gasteiger partial charge is 0.744 e. The Morgan fingerprint density at radius 1 is 0.919 bits per heavy atom. The third-order valence-corrected chi connectivity index (χ3v) is 7.44. The molecule has 11 nitrogen and oxygen atoms in total. The van der Waals surface area contributed by atoms with Crippen LogP contribution >= 0.6 is 11.6 Å². The quantitative estimate of drug-likeness (QED) is 0.193. The van der Waals surface area contributed by atoms with Crippen LogP contribution in [0.4, 0.5) is 17.1 Å². The Morgan fingerprint density at radius 3 is 2.30 bits per heavy atom. The first-order valence-electron chi connectivity index (χ1n) is 10.1. The van der Waals surface area contributed by atoms with Gasteiger partial charge in [-0.25, -0.2) is 21.5 Å². The zero-order chi connectivity index (χ0) is 26.1. The van der Waals surface area contributed by atoms with Crippen molar-refractivity contribution in [2.24, 2.45) is 10.2 Å². The van der Waals surface area contributed by atoms with Crippen LogP contribution in [0.5, 0.6) is 0 Å². The van der Waals surface area contributed by atoms with Gasteiger partial charge in [0.15, 0.2) is 5.69 Å². The molecule has 0 radical (unpaired) electrons. The van der Waals surface area contributed by atoms with E-state index in [0.717, 1.165) is 16.8 Å². The molecule has 0 amide bonds. The number of nitrogens with one attached hydrogen (secondary N) is 2. The molecule has 15 heteroatoms. The summed E-state index contributed by atoms with van der Waals surface area (Å²) in [6.45, 7) is 1.53. The number of sulfonamides is 1. The van der Waals surface area contributed by atoms with E-state index in [0.29, 0.717) is 5.69 Å². The normalized spacial score (nSPS) is 11.9. The third kappa shape index (κ3) is 6.57. The van der Waals surface area contributed by atoms with Crippen LogP contribution in [-0.4, -0.2) is 31.2 Å². The molecular formula is C22H17ClN5NaO6S2. The maximum Gasteiger partial charge on any atom is 1.00 e. The van der Waals surface area contributed by atoms with Crippen LogP contribution in [0.15, 0.2) is 97.6 Å². The largest absolute Gasteiger partial charge is 1.00 e. The predicted octanol–water partition coefficient (Wildman–Crippen LogP) is 1.25. The standard InChI is InChI=1S/C22H18ClN5O6S2.Na/c1-14-21(22(29)28(26-14)20-13-18(36(32,33)34)10-11-19(20)23)25-24-16-8-5-9-17(12-16)35(30,31)27-15-6-3-2-4-7-15;/h2-13,26-27H,1H3,(H,32,33,34);/q;+1/p-1. The van der Waals surface area contributed by atoms with E-state index in [4.69, 9.17) is 11.6 Å². The molecule has 0 unspecified atom stereocenters. The van der Waals surface area contributed by atoms with Gasteiger partial charge in [0.2, 0.25) is 0 Å². The fourth-order valence-corrected chi connectivity index (χ4v) is 4.98. The summed E-state index contributed by atoms with van der Waals surface area (Å²) in [4.78, 5) is 12.3. The van der Waals surface area contributed by atoms with Gasteiger partial charge in [0.25, 0.3) is 15.6 Å². The second-order valence-electron chi connectivity index (χ2n) is 7.46. The van der Waals surface area contributed by atoms with Crippen LogP contribution in [0, 0.1) is 6.92 Å². The maximum atomic E-state index is 12.9. The molecule has 0 spiro atoms. The fourth-order valence-electron chi connectivity index (χ4n) is 3.19. The summed E-state index contributed by atoms with van der Waals surface area (Å²) < 4.78 is 62.9. The summed E-state index contributed by atoms with van der Waals surface area (Å²) in [6.07, 6.45) is 0. The second-order valence-corrected chi connectivity index (χ2v) is 10.9. The van der Waals surface area contributed by atoms with Crippen LogP contribution in [0.2, 0.25) is 5.02 Å². The monoisotopic (exact) mass is 569 g/mol. The van der Waals surface area contributed by atoms with Crippen molar-refractivity contribution < 1.29 is 50.9 Å². The molecule has 0 aliphatic heterocycles. The number of H-pyrrole nitrogens is 1. The number of hydrogen-bond donors (Lipinski definition) is 2. The van der Waals surface area contributed by atoms with Crippen molar-refractivity contribution in [3.05, 3.63) is 93.9 Å². The number of benzene rings is 3. The molecule has 2 N–H and O–H groups in total. The molecule has 37 heavy (non-hydrogen) atoms. The summed E-state index contributed by atoms with van der Waals surface area (Å²) >= 11 is 6.11. The van der Waals surface area contributed by atoms with Crippen LogP contribution in [0.1, 0.15) is 5.69 Å². The molecule has 186 valence electrons. The average molecular weight is 570 g/mol. The summed E-state index contributed by atoms with van der Waals surface area (Å²) in [6, 6.07) is 17.2. The first-order chi connectivity index (χ1) is 17.0. The van der Waals surface area contributed by atoms with E-state index in [-0.39, 0.29) is 62.2 Å². The predicted molar refractivity (Wildman–Crippen MR) is 132 cm³/mol. The van der Waals surface area contributed by atoms with E-state index < -0.39 is 30.6 Å². The molecule has 0 aliphatic carbocycles. The number of aryl methyl sites for hydroxylation is 1. The van der Waals surface area contributed by atoms with Gasteiger partial charge in [-0.15, -0.1) is 5.11 Å². The minimum absolute atomic E-state index is 0. The number of nitrogens with zero attached hydrogens (tertiary/aromatic N) is 3. The van der Waals surface area contributed by atoms with Gasteiger partial charge in [0, 0.05) is 5.69 Å².